The van der Waals surface area contributed by atoms with Gasteiger partial charge in [-0.3, -0.25) is 4.79 Å². The van der Waals surface area contributed by atoms with E-state index < -0.39 is 0 Å². The predicted molar refractivity (Wildman–Crippen MR) is 106 cm³/mol. The number of rotatable bonds is 6. The van der Waals surface area contributed by atoms with Gasteiger partial charge in [-0.05, 0) is 42.3 Å². The summed E-state index contributed by atoms with van der Waals surface area (Å²) in [6.07, 6.45) is 1.35. The molecule has 2 N–H and O–H groups in total. The molecule has 7 heteroatoms. The highest BCUT2D eigenvalue weighted by Gasteiger charge is 2.09. The number of carbonyl (C=O) groups excluding carboxylic acids is 1. The van der Waals surface area contributed by atoms with Crippen LogP contribution in [-0.4, -0.2) is 23.0 Å². The standard InChI is InChI=1S/C20H19ClN4O2/c1-13-3-6-15(9-17(13)21)25-19-10-18(23-12-24-19)20(26)22-11-14-4-7-16(27-2)8-5-14/h3-10,12H,11H2,1-2H3,(H,22,26)(H,23,24,25). The highest BCUT2D eigenvalue weighted by atomic mass is 35.5. The molecule has 2 aromatic carbocycles. The van der Waals surface area contributed by atoms with Crippen LogP contribution in [0.3, 0.4) is 0 Å². The Morgan fingerprint density at radius 2 is 1.89 bits per heavy atom. The second kappa shape index (κ2) is 8.51. The number of ether oxygens (including phenoxy) is 1. The van der Waals surface area contributed by atoms with Crippen molar-refractivity contribution in [2.45, 2.75) is 13.5 Å². The highest BCUT2D eigenvalue weighted by Crippen LogP contribution is 2.22. The number of methoxy groups -OCH3 is 1. The van der Waals surface area contributed by atoms with Gasteiger partial charge in [0.15, 0.2) is 0 Å². The van der Waals surface area contributed by atoms with Gasteiger partial charge in [-0.2, -0.15) is 0 Å². The molecule has 0 saturated carbocycles. The number of benzene rings is 2. The fourth-order valence-corrected chi connectivity index (χ4v) is 2.57. The van der Waals surface area contributed by atoms with Crippen molar-refractivity contribution < 1.29 is 9.53 Å². The van der Waals surface area contributed by atoms with Gasteiger partial charge in [-0.1, -0.05) is 29.8 Å². The molecule has 0 saturated heterocycles. The summed E-state index contributed by atoms with van der Waals surface area (Å²) in [5.41, 5.74) is 3.02. The van der Waals surface area contributed by atoms with E-state index in [1.54, 1.807) is 13.2 Å². The van der Waals surface area contributed by atoms with Crippen molar-refractivity contribution in [3.63, 3.8) is 0 Å². The molecule has 0 radical (unpaired) electrons. The highest BCUT2D eigenvalue weighted by molar-refractivity contribution is 6.31. The van der Waals surface area contributed by atoms with E-state index in [0.717, 1.165) is 22.6 Å². The summed E-state index contributed by atoms with van der Waals surface area (Å²) >= 11 is 6.14. The van der Waals surface area contributed by atoms with Gasteiger partial charge in [0, 0.05) is 23.3 Å². The molecule has 3 rings (SSSR count). The second-order valence-electron chi connectivity index (χ2n) is 5.91. The van der Waals surface area contributed by atoms with Crippen LogP contribution in [0.5, 0.6) is 5.75 Å². The minimum atomic E-state index is -0.279. The van der Waals surface area contributed by atoms with Crippen molar-refractivity contribution in [2.24, 2.45) is 0 Å². The lowest BCUT2D eigenvalue weighted by molar-refractivity contribution is 0.0946. The van der Waals surface area contributed by atoms with Crippen LogP contribution in [0.1, 0.15) is 21.6 Å². The van der Waals surface area contributed by atoms with E-state index >= 15 is 0 Å². The molecule has 1 heterocycles. The SMILES string of the molecule is COc1ccc(CNC(=O)c2cc(Nc3ccc(C)c(Cl)c3)ncn2)cc1. The number of aromatic nitrogens is 2. The maximum atomic E-state index is 12.4. The molecule has 6 nitrogen and oxygen atoms in total. The molecule has 0 bridgehead atoms. The molecular weight excluding hydrogens is 364 g/mol. The van der Waals surface area contributed by atoms with Gasteiger partial charge in [0.2, 0.25) is 0 Å². The Morgan fingerprint density at radius 1 is 1.11 bits per heavy atom. The second-order valence-corrected chi connectivity index (χ2v) is 6.32. The van der Waals surface area contributed by atoms with Crippen LogP contribution in [0, 0.1) is 6.92 Å². The first-order valence-corrected chi connectivity index (χ1v) is 8.69. The van der Waals surface area contributed by atoms with Gasteiger partial charge in [-0.15, -0.1) is 0 Å². The molecule has 0 aliphatic carbocycles. The van der Waals surface area contributed by atoms with Gasteiger partial charge in [0.25, 0.3) is 5.91 Å². The first-order chi connectivity index (χ1) is 13.0. The molecular formula is C20H19ClN4O2. The lowest BCUT2D eigenvalue weighted by Crippen LogP contribution is -2.24. The number of aryl methyl sites for hydroxylation is 1. The summed E-state index contributed by atoms with van der Waals surface area (Å²) in [7, 11) is 1.61. The lowest BCUT2D eigenvalue weighted by Gasteiger charge is -2.09. The topological polar surface area (TPSA) is 76.1 Å². The largest absolute Gasteiger partial charge is 0.497 e. The minimum Gasteiger partial charge on any atom is -0.497 e. The van der Waals surface area contributed by atoms with Crippen molar-refractivity contribution in [1.29, 1.82) is 0 Å². The van der Waals surface area contributed by atoms with Crippen molar-refractivity contribution >= 4 is 29.0 Å². The molecule has 0 fully saturated rings. The van der Waals surface area contributed by atoms with E-state index in [1.165, 1.54) is 6.33 Å². The number of hydrogen-bond donors (Lipinski definition) is 2. The molecule has 0 unspecified atom stereocenters. The van der Waals surface area contributed by atoms with E-state index in [0.29, 0.717) is 17.4 Å². The molecule has 0 aliphatic rings. The predicted octanol–water partition coefficient (Wildman–Crippen LogP) is 4.12. The zero-order chi connectivity index (χ0) is 19.2. The van der Waals surface area contributed by atoms with Crippen LogP contribution >= 0.6 is 11.6 Å². The zero-order valence-corrected chi connectivity index (χ0v) is 15.7. The molecule has 3 aromatic rings. The smallest absolute Gasteiger partial charge is 0.270 e. The van der Waals surface area contributed by atoms with Crippen molar-refractivity contribution in [1.82, 2.24) is 15.3 Å². The lowest BCUT2D eigenvalue weighted by atomic mass is 10.2. The van der Waals surface area contributed by atoms with Crippen molar-refractivity contribution in [2.75, 3.05) is 12.4 Å². The van der Waals surface area contributed by atoms with E-state index in [-0.39, 0.29) is 11.6 Å². The molecule has 0 spiro atoms. The normalized spacial score (nSPS) is 10.3. The monoisotopic (exact) mass is 382 g/mol. The molecule has 0 aliphatic heterocycles. The summed E-state index contributed by atoms with van der Waals surface area (Å²) < 4.78 is 5.12. The fraction of sp³-hybridized carbons (Fsp3) is 0.150. The third-order valence-electron chi connectivity index (χ3n) is 3.96. The van der Waals surface area contributed by atoms with Gasteiger partial charge in [0.1, 0.15) is 23.6 Å². The Bertz CT molecular complexity index is 945. The maximum absolute atomic E-state index is 12.4. The molecule has 138 valence electrons. The average molecular weight is 383 g/mol. The summed E-state index contributed by atoms with van der Waals surface area (Å²) in [6.45, 7) is 2.32. The fourth-order valence-electron chi connectivity index (χ4n) is 2.38. The number of amides is 1. The van der Waals surface area contributed by atoms with Crippen LogP contribution in [0.15, 0.2) is 54.9 Å². The van der Waals surface area contributed by atoms with Gasteiger partial charge < -0.3 is 15.4 Å². The molecule has 0 atom stereocenters. The van der Waals surface area contributed by atoms with Crippen molar-refractivity contribution in [3.05, 3.63) is 76.7 Å². The third-order valence-corrected chi connectivity index (χ3v) is 4.36. The number of halogens is 1. The summed E-state index contributed by atoms with van der Waals surface area (Å²) in [6, 6.07) is 14.7. The minimum absolute atomic E-state index is 0.277. The van der Waals surface area contributed by atoms with Gasteiger partial charge >= 0.3 is 0 Å². The Balaban J connectivity index is 1.64. The van der Waals surface area contributed by atoms with Gasteiger partial charge in [-0.25, -0.2) is 9.97 Å². The van der Waals surface area contributed by atoms with E-state index in [2.05, 4.69) is 20.6 Å². The summed E-state index contributed by atoms with van der Waals surface area (Å²) in [5.74, 6) is 1.01. The van der Waals surface area contributed by atoms with E-state index in [4.69, 9.17) is 16.3 Å². The van der Waals surface area contributed by atoms with Gasteiger partial charge in [0.05, 0.1) is 7.11 Å². The Labute approximate surface area is 162 Å². The summed E-state index contributed by atoms with van der Waals surface area (Å²) in [5, 5.41) is 6.62. The first kappa shape index (κ1) is 18.7. The van der Waals surface area contributed by atoms with Crippen LogP contribution in [-0.2, 0) is 6.54 Å². The van der Waals surface area contributed by atoms with Crippen LogP contribution in [0.2, 0.25) is 5.02 Å². The first-order valence-electron chi connectivity index (χ1n) is 8.31. The number of carbonyl (C=O) groups is 1. The molecule has 1 amide bonds. The summed E-state index contributed by atoms with van der Waals surface area (Å²) in [4.78, 5) is 20.6. The Morgan fingerprint density at radius 3 is 2.59 bits per heavy atom. The quantitative estimate of drug-likeness (QED) is 0.670. The van der Waals surface area contributed by atoms with Crippen LogP contribution in [0.4, 0.5) is 11.5 Å². The number of anilines is 2. The Hall–Kier alpha value is -3.12. The molecule has 1 aromatic heterocycles. The van der Waals surface area contributed by atoms with Crippen molar-refractivity contribution in [3.8, 4) is 5.75 Å². The number of nitrogens with one attached hydrogen (secondary N) is 2. The average Bonchev–Trinajstić information content (AvgIpc) is 2.69. The third kappa shape index (κ3) is 4.95. The van der Waals surface area contributed by atoms with Crippen LogP contribution < -0.4 is 15.4 Å². The van der Waals surface area contributed by atoms with E-state index in [9.17, 15) is 4.79 Å². The maximum Gasteiger partial charge on any atom is 0.270 e. The Kier molecular flexibility index (Phi) is 5.88. The zero-order valence-electron chi connectivity index (χ0n) is 15.0. The number of hydrogen-bond acceptors (Lipinski definition) is 5. The number of nitrogens with zero attached hydrogens (tertiary/aromatic N) is 2. The van der Waals surface area contributed by atoms with Crippen LogP contribution in [0.25, 0.3) is 0 Å². The van der Waals surface area contributed by atoms with E-state index in [1.807, 2.05) is 49.4 Å². The molecule has 27 heavy (non-hydrogen) atoms.